The monoisotopic (exact) mass is 586 g/mol. The number of benzene rings is 2. The molecule has 3 rings (SSSR count). The van der Waals surface area contributed by atoms with Crippen LogP contribution < -0.4 is 15.4 Å². The van der Waals surface area contributed by atoms with Crippen molar-refractivity contribution in [3.8, 4) is 16.9 Å². The Bertz CT molecular complexity index is 1120. The number of aliphatic carboxylic acids is 1. The normalized spacial score (nSPS) is 16.2. The molecule has 0 aliphatic heterocycles. The molecule has 0 aromatic heterocycles. The van der Waals surface area contributed by atoms with E-state index in [0.29, 0.717) is 41.3 Å². The van der Waals surface area contributed by atoms with Gasteiger partial charge in [-0.3, -0.25) is 4.79 Å². The van der Waals surface area contributed by atoms with E-state index >= 15 is 0 Å². The highest BCUT2D eigenvalue weighted by Gasteiger charge is 2.29. The lowest BCUT2D eigenvalue weighted by atomic mass is 9.84. The van der Waals surface area contributed by atoms with E-state index in [1.807, 2.05) is 43.5 Å². The maximum Gasteiger partial charge on any atom is 0.326 e. The Balaban J connectivity index is 1.93. The van der Waals surface area contributed by atoms with Gasteiger partial charge in [0.2, 0.25) is 0 Å². The molecule has 0 radical (unpaired) electrons. The van der Waals surface area contributed by atoms with Gasteiger partial charge in [-0.1, -0.05) is 50.5 Å². The Kier molecular flexibility index (Phi) is 13.2. The Morgan fingerprint density at radius 1 is 1.12 bits per heavy atom. The molecular weight excluding hydrogens is 540 g/mol. The minimum atomic E-state index is -1.03. The van der Waals surface area contributed by atoms with E-state index in [-0.39, 0.29) is 0 Å². The molecule has 1 aliphatic carbocycles. The highest BCUT2D eigenvalue weighted by Crippen LogP contribution is 2.36. The van der Waals surface area contributed by atoms with E-state index in [4.69, 9.17) is 4.74 Å². The molecule has 40 heavy (non-hydrogen) atoms. The van der Waals surface area contributed by atoms with Gasteiger partial charge in [0.15, 0.2) is 0 Å². The number of hydrogen-bond acceptors (Lipinski definition) is 6. The molecule has 6 nitrogen and oxygen atoms in total. The van der Waals surface area contributed by atoms with Gasteiger partial charge in [-0.05, 0) is 85.6 Å². The predicted molar refractivity (Wildman–Crippen MR) is 170 cm³/mol. The zero-order valence-corrected chi connectivity index (χ0v) is 26.3. The lowest BCUT2D eigenvalue weighted by Gasteiger charge is -2.34. The van der Waals surface area contributed by atoms with Crippen molar-refractivity contribution in [2.45, 2.75) is 83.2 Å². The van der Waals surface area contributed by atoms with Gasteiger partial charge in [-0.25, -0.2) is 4.79 Å². The van der Waals surface area contributed by atoms with Crippen molar-refractivity contribution in [1.29, 1.82) is 0 Å². The zero-order valence-electron chi connectivity index (χ0n) is 24.6. The first-order valence-corrected chi connectivity index (χ1v) is 16.9. The second-order valence-corrected chi connectivity index (χ2v) is 13.1. The number of nitrogens with one attached hydrogen (secondary N) is 2. The minimum absolute atomic E-state index is 0.329. The molecule has 1 saturated carbocycles. The van der Waals surface area contributed by atoms with Gasteiger partial charge in [0.25, 0.3) is 5.91 Å². The third kappa shape index (κ3) is 8.67. The van der Waals surface area contributed by atoms with Crippen molar-refractivity contribution in [2.75, 3.05) is 24.9 Å². The van der Waals surface area contributed by atoms with E-state index in [1.165, 1.54) is 32.1 Å². The van der Waals surface area contributed by atoms with Gasteiger partial charge < -0.3 is 20.5 Å². The largest absolute Gasteiger partial charge is 0.496 e. The molecule has 2 aromatic rings. The Morgan fingerprint density at radius 2 is 1.85 bits per heavy atom. The molecule has 8 heteroatoms. The fourth-order valence-corrected chi connectivity index (χ4v) is 7.48. The van der Waals surface area contributed by atoms with Gasteiger partial charge in [-0.2, -0.15) is 23.5 Å². The van der Waals surface area contributed by atoms with Crippen LogP contribution in [0.4, 0.5) is 0 Å². The van der Waals surface area contributed by atoms with Crippen molar-refractivity contribution in [1.82, 2.24) is 10.6 Å². The predicted octanol–water partition coefficient (Wildman–Crippen LogP) is 6.79. The number of amides is 1. The van der Waals surface area contributed by atoms with Gasteiger partial charge in [-0.15, -0.1) is 0 Å². The number of aryl methyl sites for hydroxylation is 1. The summed E-state index contributed by atoms with van der Waals surface area (Å²) >= 11 is 3.62. The molecule has 0 heterocycles. The highest BCUT2D eigenvalue weighted by molar-refractivity contribution is 7.99. The molecule has 1 aliphatic rings. The average molecular weight is 587 g/mol. The summed E-state index contributed by atoms with van der Waals surface area (Å²) in [5.74, 6) is 1.67. The maximum atomic E-state index is 13.6. The van der Waals surface area contributed by atoms with Crippen LogP contribution in [-0.4, -0.2) is 59.2 Å². The van der Waals surface area contributed by atoms with Crippen LogP contribution >= 0.6 is 23.5 Å². The number of carbonyl (C=O) groups excluding carboxylic acids is 1. The van der Waals surface area contributed by atoms with Crippen LogP contribution in [0.15, 0.2) is 36.4 Å². The Labute approximate surface area is 248 Å². The van der Waals surface area contributed by atoms with Crippen LogP contribution in [0.2, 0.25) is 0 Å². The van der Waals surface area contributed by atoms with E-state index in [9.17, 15) is 14.7 Å². The van der Waals surface area contributed by atoms with E-state index in [0.717, 1.165) is 33.9 Å². The van der Waals surface area contributed by atoms with Crippen LogP contribution in [0.5, 0.6) is 5.75 Å². The zero-order chi connectivity index (χ0) is 29.1. The standard InChI is InChI=1S/C32H46N2O4S2/c1-6-40-30(23-13-8-7-9-14-23)22(3)33-20-24-18-26(25-15-11-10-12-21(25)2)27(19-29(24)38-4)31(35)34-28(32(36)37)16-17-39-5/h10-12,15,18-19,22-23,28,30,33H,6-9,13-14,16-17,20H2,1-5H3,(H,34,35)(H,36,37)/t22?,28-,30?/m0/s1. The molecule has 220 valence electrons. The fourth-order valence-electron chi connectivity index (χ4n) is 5.70. The summed E-state index contributed by atoms with van der Waals surface area (Å²) in [6.07, 6.45) is 8.91. The van der Waals surface area contributed by atoms with Gasteiger partial charge in [0, 0.05) is 23.4 Å². The summed E-state index contributed by atoms with van der Waals surface area (Å²) in [5, 5.41) is 16.8. The topological polar surface area (TPSA) is 87.7 Å². The molecule has 1 amide bonds. The third-order valence-electron chi connectivity index (χ3n) is 7.90. The SMILES string of the molecule is CCSC(C1CCCCC1)C(C)NCc1cc(-c2ccccc2C)c(C(=O)N[C@@H](CCSC)C(=O)O)cc1OC. The fraction of sp³-hybridized carbons (Fsp3) is 0.562. The first-order chi connectivity index (χ1) is 19.3. The maximum absolute atomic E-state index is 13.6. The molecule has 3 N–H and O–H groups in total. The number of rotatable bonds is 15. The quantitative estimate of drug-likeness (QED) is 0.212. The van der Waals surface area contributed by atoms with Crippen molar-refractivity contribution in [3.63, 3.8) is 0 Å². The summed E-state index contributed by atoms with van der Waals surface area (Å²) in [5.41, 5.74) is 4.16. The number of ether oxygens (including phenoxy) is 1. The molecule has 1 fully saturated rings. The number of thioether (sulfide) groups is 2. The molecule has 3 atom stereocenters. The van der Waals surface area contributed by atoms with Crippen molar-refractivity contribution in [2.24, 2.45) is 5.92 Å². The van der Waals surface area contributed by atoms with Crippen molar-refractivity contribution in [3.05, 3.63) is 53.1 Å². The lowest BCUT2D eigenvalue weighted by molar-refractivity contribution is -0.139. The second-order valence-electron chi connectivity index (χ2n) is 10.7. The van der Waals surface area contributed by atoms with Crippen LogP contribution in [-0.2, 0) is 11.3 Å². The number of carbonyl (C=O) groups is 2. The molecule has 0 bridgehead atoms. The molecular formula is C32H46N2O4S2. The van der Waals surface area contributed by atoms with Crippen LogP contribution in [0.1, 0.15) is 73.9 Å². The molecule has 2 aromatic carbocycles. The van der Waals surface area contributed by atoms with E-state index in [1.54, 1.807) is 24.9 Å². The van der Waals surface area contributed by atoms with E-state index < -0.39 is 17.9 Å². The summed E-state index contributed by atoms with van der Waals surface area (Å²) in [4.78, 5) is 25.4. The smallest absolute Gasteiger partial charge is 0.326 e. The minimum Gasteiger partial charge on any atom is -0.496 e. The number of carboxylic acids is 1. The molecule has 2 unspecified atom stereocenters. The van der Waals surface area contributed by atoms with E-state index in [2.05, 4.69) is 36.2 Å². The van der Waals surface area contributed by atoms with Gasteiger partial charge >= 0.3 is 5.97 Å². The highest BCUT2D eigenvalue weighted by atomic mass is 32.2. The van der Waals surface area contributed by atoms with Crippen LogP contribution in [0.3, 0.4) is 0 Å². The summed E-state index contributed by atoms with van der Waals surface area (Å²) in [6, 6.07) is 11.2. The van der Waals surface area contributed by atoms with Gasteiger partial charge in [0.1, 0.15) is 11.8 Å². The molecule has 0 saturated heterocycles. The number of carboxylic acid groups (broad SMARTS) is 1. The van der Waals surface area contributed by atoms with Crippen LogP contribution in [0, 0.1) is 12.8 Å². The third-order valence-corrected chi connectivity index (χ3v) is 10.1. The first kappa shape index (κ1) is 32.4. The van der Waals surface area contributed by atoms with Crippen molar-refractivity contribution < 1.29 is 19.4 Å². The molecule has 0 spiro atoms. The summed E-state index contributed by atoms with van der Waals surface area (Å²) < 4.78 is 5.79. The van der Waals surface area contributed by atoms with Crippen LogP contribution in [0.25, 0.3) is 11.1 Å². The Hall–Kier alpha value is -2.16. The second kappa shape index (κ2) is 16.3. The number of hydrogen-bond donors (Lipinski definition) is 3. The summed E-state index contributed by atoms with van der Waals surface area (Å²) in [7, 11) is 1.62. The average Bonchev–Trinajstić information content (AvgIpc) is 2.96. The summed E-state index contributed by atoms with van der Waals surface area (Å²) in [6.45, 7) is 7.17. The lowest BCUT2D eigenvalue weighted by Crippen LogP contribution is -2.41. The first-order valence-electron chi connectivity index (χ1n) is 14.4. The Morgan fingerprint density at radius 3 is 2.48 bits per heavy atom. The van der Waals surface area contributed by atoms with Crippen molar-refractivity contribution >= 4 is 35.4 Å². The van der Waals surface area contributed by atoms with Gasteiger partial charge in [0.05, 0.1) is 12.7 Å². The number of methoxy groups -OCH3 is 1.